The van der Waals surface area contributed by atoms with Crippen molar-refractivity contribution in [3.05, 3.63) is 29.6 Å². The molecule has 1 aliphatic carbocycles. The molecule has 52 valence electrons. The number of aliphatic hydroxyl groups excluding tert-OH is 1. The second-order valence-electron chi connectivity index (χ2n) is 2.63. The fourth-order valence-electron chi connectivity index (χ4n) is 1.42. The van der Waals surface area contributed by atoms with E-state index in [1.54, 1.807) is 6.20 Å². The molecule has 1 aromatic rings. The minimum Gasteiger partial charge on any atom is -0.388 e. The molecule has 1 aliphatic rings. The third kappa shape index (κ3) is 0.727. The number of hydrogen-bond donors (Lipinski definition) is 1. The van der Waals surface area contributed by atoms with Gasteiger partial charge in [-0.3, -0.25) is 4.98 Å². The highest BCUT2D eigenvalue weighted by molar-refractivity contribution is 5.29. The zero-order valence-electron chi connectivity index (χ0n) is 5.62. The van der Waals surface area contributed by atoms with E-state index in [-0.39, 0.29) is 6.10 Å². The molecule has 2 heteroatoms. The summed E-state index contributed by atoms with van der Waals surface area (Å²) in [7, 11) is 0. The molecule has 0 amide bonds. The van der Waals surface area contributed by atoms with E-state index in [0.717, 1.165) is 18.4 Å². The van der Waals surface area contributed by atoms with Crippen molar-refractivity contribution >= 4 is 0 Å². The number of fused-ring (bicyclic) bond motifs is 1. The maximum Gasteiger partial charge on any atom is 0.0797 e. The highest BCUT2D eigenvalue weighted by atomic mass is 16.3. The SMILES string of the molecule is O[C@@H]1CCc2cnccc21. The standard InChI is InChI=1S/C8H9NO/c10-8-2-1-6-5-9-4-3-7(6)8/h3-5,8,10H,1-2H2/t8-/m1/s1. The van der Waals surface area contributed by atoms with Gasteiger partial charge in [-0.1, -0.05) is 0 Å². The number of aryl methyl sites for hydroxylation is 1. The average Bonchev–Trinajstić information content (AvgIpc) is 2.34. The number of pyridine rings is 1. The number of aliphatic hydroxyl groups is 1. The Morgan fingerprint density at radius 3 is 3.30 bits per heavy atom. The van der Waals surface area contributed by atoms with E-state index in [2.05, 4.69) is 4.98 Å². The van der Waals surface area contributed by atoms with Gasteiger partial charge in [0, 0.05) is 12.4 Å². The van der Waals surface area contributed by atoms with Gasteiger partial charge >= 0.3 is 0 Å². The molecule has 0 radical (unpaired) electrons. The van der Waals surface area contributed by atoms with E-state index in [9.17, 15) is 5.11 Å². The number of hydrogen-bond acceptors (Lipinski definition) is 2. The third-order valence-corrected chi connectivity index (χ3v) is 1.99. The highest BCUT2D eigenvalue weighted by Gasteiger charge is 2.18. The Labute approximate surface area is 59.5 Å². The Bertz CT molecular complexity index is 247. The quantitative estimate of drug-likeness (QED) is 0.577. The molecule has 10 heavy (non-hydrogen) atoms. The smallest absolute Gasteiger partial charge is 0.0797 e. The molecule has 1 atom stereocenters. The van der Waals surface area contributed by atoms with Gasteiger partial charge in [0.2, 0.25) is 0 Å². The summed E-state index contributed by atoms with van der Waals surface area (Å²) in [4.78, 5) is 3.98. The van der Waals surface area contributed by atoms with Crippen LogP contribution >= 0.6 is 0 Å². The van der Waals surface area contributed by atoms with Crippen molar-refractivity contribution in [3.8, 4) is 0 Å². The summed E-state index contributed by atoms with van der Waals surface area (Å²) < 4.78 is 0. The van der Waals surface area contributed by atoms with Gasteiger partial charge in [0.05, 0.1) is 6.10 Å². The van der Waals surface area contributed by atoms with E-state index in [4.69, 9.17) is 0 Å². The molecular weight excluding hydrogens is 126 g/mol. The van der Waals surface area contributed by atoms with Gasteiger partial charge in [0.1, 0.15) is 0 Å². The van der Waals surface area contributed by atoms with Gasteiger partial charge < -0.3 is 5.11 Å². The zero-order chi connectivity index (χ0) is 6.97. The molecule has 0 fully saturated rings. The largest absolute Gasteiger partial charge is 0.388 e. The minimum atomic E-state index is -0.238. The second kappa shape index (κ2) is 2.06. The first-order valence-corrected chi connectivity index (χ1v) is 3.49. The predicted octanol–water partition coefficient (Wildman–Crippen LogP) is 1.06. The Kier molecular flexibility index (Phi) is 1.21. The summed E-state index contributed by atoms with van der Waals surface area (Å²) in [5.74, 6) is 0. The van der Waals surface area contributed by atoms with Crippen molar-refractivity contribution < 1.29 is 5.11 Å². The van der Waals surface area contributed by atoms with Crippen LogP contribution in [-0.4, -0.2) is 10.1 Å². The van der Waals surface area contributed by atoms with Crippen molar-refractivity contribution in [1.29, 1.82) is 0 Å². The zero-order valence-corrected chi connectivity index (χ0v) is 5.62. The van der Waals surface area contributed by atoms with Crippen LogP contribution in [-0.2, 0) is 6.42 Å². The van der Waals surface area contributed by atoms with Gasteiger partial charge in [-0.05, 0) is 30.0 Å². The lowest BCUT2D eigenvalue weighted by molar-refractivity contribution is 0.180. The van der Waals surface area contributed by atoms with Crippen LogP contribution in [0.15, 0.2) is 18.5 Å². The Balaban J connectivity index is 2.51. The van der Waals surface area contributed by atoms with Gasteiger partial charge in [-0.15, -0.1) is 0 Å². The topological polar surface area (TPSA) is 33.1 Å². The molecule has 0 aromatic carbocycles. The maximum atomic E-state index is 9.35. The van der Waals surface area contributed by atoms with E-state index >= 15 is 0 Å². The van der Waals surface area contributed by atoms with Crippen molar-refractivity contribution in [2.45, 2.75) is 18.9 Å². The lowest BCUT2D eigenvalue weighted by Gasteiger charge is -2.00. The third-order valence-electron chi connectivity index (χ3n) is 1.99. The summed E-state index contributed by atoms with van der Waals surface area (Å²) in [5.41, 5.74) is 2.27. The van der Waals surface area contributed by atoms with Gasteiger partial charge in [0.25, 0.3) is 0 Å². The number of nitrogens with zero attached hydrogens (tertiary/aromatic N) is 1. The molecule has 1 aromatic heterocycles. The molecular formula is C8H9NO. The van der Waals surface area contributed by atoms with Crippen LogP contribution in [0.3, 0.4) is 0 Å². The molecule has 1 N–H and O–H groups in total. The highest BCUT2D eigenvalue weighted by Crippen LogP contribution is 2.29. The summed E-state index contributed by atoms with van der Waals surface area (Å²) in [6.45, 7) is 0. The molecule has 2 nitrogen and oxygen atoms in total. The van der Waals surface area contributed by atoms with E-state index in [1.807, 2.05) is 12.3 Å². The van der Waals surface area contributed by atoms with Gasteiger partial charge in [-0.25, -0.2) is 0 Å². The van der Waals surface area contributed by atoms with Crippen LogP contribution in [0, 0.1) is 0 Å². The van der Waals surface area contributed by atoms with Crippen molar-refractivity contribution in [1.82, 2.24) is 4.98 Å². The molecule has 0 saturated carbocycles. The van der Waals surface area contributed by atoms with Crippen LogP contribution in [0.25, 0.3) is 0 Å². The molecule has 0 unspecified atom stereocenters. The Hall–Kier alpha value is -0.890. The summed E-state index contributed by atoms with van der Waals surface area (Å²) >= 11 is 0. The maximum absolute atomic E-state index is 9.35. The van der Waals surface area contributed by atoms with Crippen molar-refractivity contribution in [3.63, 3.8) is 0 Å². The number of rotatable bonds is 0. The molecule has 0 bridgehead atoms. The average molecular weight is 135 g/mol. The van der Waals surface area contributed by atoms with E-state index < -0.39 is 0 Å². The molecule has 0 aliphatic heterocycles. The predicted molar refractivity (Wildman–Crippen MR) is 37.5 cm³/mol. The van der Waals surface area contributed by atoms with Crippen LogP contribution in [0.2, 0.25) is 0 Å². The fraction of sp³-hybridized carbons (Fsp3) is 0.375. The fourth-order valence-corrected chi connectivity index (χ4v) is 1.42. The van der Waals surface area contributed by atoms with Crippen LogP contribution in [0.5, 0.6) is 0 Å². The lowest BCUT2D eigenvalue weighted by atomic mass is 10.2. The molecule has 1 heterocycles. The Morgan fingerprint density at radius 2 is 2.50 bits per heavy atom. The van der Waals surface area contributed by atoms with Gasteiger partial charge in [0.15, 0.2) is 0 Å². The normalized spacial score (nSPS) is 22.7. The summed E-state index contributed by atoms with van der Waals surface area (Å²) in [6, 6.07) is 1.90. The lowest BCUT2D eigenvalue weighted by Crippen LogP contribution is -1.89. The monoisotopic (exact) mass is 135 g/mol. The van der Waals surface area contributed by atoms with E-state index in [0.29, 0.717) is 0 Å². The molecule has 2 rings (SSSR count). The number of aromatic nitrogens is 1. The first-order valence-electron chi connectivity index (χ1n) is 3.49. The summed E-state index contributed by atoms with van der Waals surface area (Å²) in [5, 5.41) is 9.35. The van der Waals surface area contributed by atoms with Crippen LogP contribution < -0.4 is 0 Å². The minimum absolute atomic E-state index is 0.238. The van der Waals surface area contributed by atoms with Crippen molar-refractivity contribution in [2.75, 3.05) is 0 Å². The first-order chi connectivity index (χ1) is 4.88. The van der Waals surface area contributed by atoms with Crippen molar-refractivity contribution in [2.24, 2.45) is 0 Å². The molecule has 0 saturated heterocycles. The first kappa shape index (κ1) is 5.86. The molecule has 0 spiro atoms. The summed E-state index contributed by atoms with van der Waals surface area (Å²) in [6.07, 6.45) is 5.17. The van der Waals surface area contributed by atoms with Gasteiger partial charge in [-0.2, -0.15) is 0 Å². The van der Waals surface area contributed by atoms with E-state index in [1.165, 1.54) is 5.56 Å². The second-order valence-corrected chi connectivity index (χ2v) is 2.63. The van der Waals surface area contributed by atoms with Crippen LogP contribution in [0.1, 0.15) is 23.7 Å². The van der Waals surface area contributed by atoms with Crippen LogP contribution in [0.4, 0.5) is 0 Å². The Morgan fingerprint density at radius 1 is 1.60 bits per heavy atom.